The van der Waals surface area contributed by atoms with Gasteiger partial charge in [0.2, 0.25) is 10.0 Å². The third-order valence-electron chi connectivity index (χ3n) is 3.57. The van der Waals surface area contributed by atoms with Crippen LogP contribution in [0.4, 0.5) is 13.2 Å². The second-order valence-electron chi connectivity index (χ2n) is 5.67. The zero-order chi connectivity index (χ0) is 21.8. The van der Waals surface area contributed by atoms with Crippen LogP contribution in [0.2, 0.25) is 10.0 Å². The van der Waals surface area contributed by atoms with Gasteiger partial charge in [-0.15, -0.1) is 13.2 Å². The van der Waals surface area contributed by atoms with Crippen LogP contribution in [-0.4, -0.2) is 33.9 Å². The van der Waals surface area contributed by atoms with Crippen molar-refractivity contribution in [1.29, 1.82) is 0 Å². The van der Waals surface area contributed by atoms with E-state index in [0.717, 1.165) is 31.4 Å². The highest BCUT2D eigenvalue weighted by molar-refractivity contribution is 7.89. The molecule has 0 aliphatic heterocycles. The molecule has 0 saturated heterocycles. The van der Waals surface area contributed by atoms with Gasteiger partial charge in [-0.25, -0.2) is 8.42 Å². The molecule has 0 heterocycles. The van der Waals surface area contributed by atoms with Gasteiger partial charge < -0.3 is 9.47 Å². The summed E-state index contributed by atoms with van der Waals surface area (Å²) in [5.74, 6) is -1.45. The predicted octanol–water partition coefficient (Wildman–Crippen LogP) is 3.95. The fourth-order valence-corrected chi connectivity index (χ4v) is 3.80. The number of esters is 1. The molecule has 1 N–H and O–H groups in total. The highest BCUT2D eigenvalue weighted by atomic mass is 35.5. The standard InChI is InChI=1S/C17H14Cl2F3NO5S/c1-27-16(24)15(9-10-2-7-13(18)14(19)8-10)23-29(25,26)12-5-3-11(4-6-12)28-17(20,21)22/h2-8,15,23H,9H2,1H3/t15-/m1/s1. The summed E-state index contributed by atoms with van der Waals surface area (Å²) in [5.41, 5.74) is 0.506. The number of rotatable bonds is 7. The van der Waals surface area contributed by atoms with Gasteiger partial charge in [-0.05, 0) is 48.4 Å². The normalized spacial score (nSPS) is 13.0. The van der Waals surface area contributed by atoms with Crippen LogP contribution < -0.4 is 9.46 Å². The largest absolute Gasteiger partial charge is 0.573 e. The lowest BCUT2D eigenvalue weighted by Gasteiger charge is -2.17. The SMILES string of the molecule is COC(=O)[C@@H](Cc1ccc(Cl)c(Cl)c1)NS(=O)(=O)c1ccc(OC(F)(F)F)cc1. The number of hydrogen-bond donors (Lipinski definition) is 1. The van der Waals surface area contributed by atoms with E-state index in [2.05, 4.69) is 14.2 Å². The molecule has 0 aromatic heterocycles. The lowest BCUT2D eigenvalue weighted by atomic mass is 10.1. The van der Waals surface area contributed by atoms with Crippen LogP contribution >= 0.6 is 23.2 Å². The maximum Gasteiger partial charge on any atom is 0.573 e. The first-order valence-electron chi connectivity index (χ1n) is 7.81. The summed E-state index contributed by atoms with van der Waals surface area (Å²) in [7, 11) is -3.18. The molecule has 0 amide bonds. The van der Waals surface area contributed by atoms with Crippen LogP contribution in [0.3, 0.4) is 0 Å². The van der Waals surface area contributed by atoms with Crippen molar-refractivity contribution in [2.45, 2.75) is 23.7 Å². The molecule has 0 fully saturated rings. The molecule has 0 unspecified atom stereocenters. The van der Waals surface area contributed by atoms with Crippen molar-refractivity contribution >= 4 is 39.2 Å². The second kappa shape index (κ2) is 9.21. The van der Waals surface area contributed by atoms with E-state index >= 15 is 0 Å². The van der Waals surface area contributed by atoms with E-state index in [-0.39, 0.29) is 21.4 Å². The number of carbonyl (C=O) groups excluding carboxylic acids is 1. The first-order valence-corrected chi connectivity index (χ1v) is 10.0. The van der Waals surface area contributed by atoms with E-state index in [4.69, 9.17) is 23.2 Å². The van der Waals surface area contributed by atoms with Crippen LogP contribution in [0.1, 0.15) is 5.56 Å². The van der Waals surface area contributed by atoms with E-state index in [1.165, 1.54) is 12.1 Å². The molecule has 0 bridgehead atoms. The van der Waals surface area contributed by atoms with Gasteiger partial charge in [0.1, 0.15) is 11.8 Å². The highest BCUT2D eigenvalue weighted by Gasteiger charge is 2.31. The van der Waals surface area contributed by atoms with E-state index in [9.17, 15) is 26.4 Å². The minimum Gasteiger partial charge on any atom is -0.468 e. The molecule has 2 aromatic carbocycles. The van der Waals surface area contributed by atoms with Gasteiger partial charge in [0.25, 0.3) is 0 Å². The molecule has 29 heavy (non-hydrogen) atoms. The van der Waals surface area contributed by atoms with Gasteiger partial charge in [-0.3, -0.25) is 4.79 Å². The van der Waals surface area contributed by atoms with E-state index in [0.29, 0.717) is 5.56 Å². The molecule has 2 aromatic rings. The Bertz CT molecular complexity index is 982. The predicted molar refractivity (Wildman–Crippen MR) is 99.4 cm³/mol. The first kappa shape index (κ1) is 23.3. The van der Waals surface area contributed by atoms with Gasteiger partial charge in [0, 0.05) is 0 Å². The van der Waals surface area contributed by atoms with Gasteiger partial charge >= 0.3 is 12.3 Å². The molecule has 0 aliphatic carbocycles. The first-order chi connectivity index (χ1) is 13.4. The third-order valence-corrected chi connectivity index (χ3v) is 5.80. The minimum absolute atomic E-state index is 0.0991. The van der Waals surface area contributed by atoms with Gasteiger partial charge in [-0.1, -0.05) is 29.3 Å². The average Bonchev–Trinajstić information content (AvgIpc) is 2.62. The minimum atomic E-state index is -4.91. The summed E-state index contributed by atoms with van der Waals surface area (Å²) in [6.07, 6.45) is -5.01. The van der Waals surface area contributed by atoms with Crippen molar-refractivity contribution in [2.75, 3.05) is 7.11 Å². The zero-order valence-corrected chi connectivity index (χ0v) is 17.0. The topological polar surface area (TPSA) is 81.7 Å². The Morgan fingerprint density at radius 1 is 1.10 bits per heavy atom. The summed E-state index contributed by atoms with van der Waals surface area (Å²) in [6, 6.07) is 6.71. The van der Waals surface area contributed by atoms with Crippen molar-refractivity contribution in [3.63, 3.8) is 0 Å². The number of alkyl halides is 3. The fraction of sp³-hybridized carbons (Fsp3) is 0.235. The van der Waals surface area contributed by atoms with Crippen molar-refractivity contribution in [2.24, 2.45) is 0 Å². The fourth-order valence-electron chi connectivity index (χ4n) is 2.29. The summed E-state index contributed by atoms with van der Waals surface area (Å²) in [6.45, 7) is 0. The molecule has 6 nitrogen and oxygen atoms in total. The summed E-state index contributed by atoms with van der Waals surface area (Å²) >= 11 is 11.8. The number of benzene rings is 2. The number of sulfonamides is 1. The molecule has 0 spiro atoms. The van der Waals surface area contributed by atoms with E-state index in [1.807, 2.05) is 0 Å². The Morgan fingerprint density at radius 3 is 2.24 bits per heavy atom. The molecule has 0 aliphatic rings. The highest BCUT2D eigenvalue weighted by Crippen LogP contribution is 2.25. The van der Waals surface area contributed by atoms with Crippen molar-refractivity contribution in [3.8, 4) is 5.75 Å². The molecule has 158 valence electrons. The van der Waals surface area contributed by atoms with Crippen LogP contribution in [-0.2, 0) is 26.0 Å². The maximum absolute atomic E-state index is 12.5. The number of hydrogen-bond acceptors (Lipinski definition) is 5. The molecular weight excluding hydrogens is 458 g/mol. The number of methoxy groups -OCH3 is 1. The summed E-state index contributed by atoms with van der Waals surface area (Å²) in [5, 5.41) is 0.502. The molecule has 2 rings (SSSR count). The quantitative estimate of drug-likeness (QED) is 0.618. The average molecular weight is 472 g/mol. The Balaban J connectivity index is 2.22. The summed E-state index contributed by atoms with van der Waals surface area (Å²) in [4.78, 5) is 11.7. The van der Waals surface area contributed by atoms with Crippen molar-refractivity contribution < 1.29 is 35.9 Å². The Kier molecular flexibility index (Phi) is 7.39. The Labute approximate surface area is 174 Å². The second-order valence-corrected chi connectivity index (χ2v) is 8.20. The van der Waals surface area contributed by atoms with Crippen molar-refractivity contribution in [1.82, 2.24) is 4.72 Å². The molecule has 0 saturated carbocycles. The number of nitrogens with one attached hydrogen (secondary N) is 1. The number of carbonyl (C=O) groups is 1. The van der Waals surface area contributed by atoms with Crippen LogP contribution in [0.25, 0.3) is 0 Å². The smallest absolute Gasteiger partial charge is 0.468 e. The van der Waals surface area contributed by atoms with Gasteiger partial charge in [-0.2, -0.15) is 4.72 Å². The molecule has 12 heteroatoms. The molecule has 0 radical (unpaired) electrons. The van der Waals surface area contributed by atoms with Crippen LogP contribution in [0, 0.1) is 0 Å². The molecule has 1 atom stereocenters. The molecular formula is C17H14Cl2F3NO5S. The van der Waals surface area contributed by atoms with E-state index in [1.54, 1.807) is 6.07 Å². The summed E-state index contributed by atoms with van der Waals surface area (Å²) < 4.78 is 72.2. The lowest BCUT2D eigenvalue weighted by Crippen LogP contribution is -2.42. The van der Waals surface area contributed by atoms with Crippen molar-refractivity contribution in [3.05, 3.63) is 58.1 Å². The number of halogens is 5. The monoisotopic (exact) mass is 471 g/mol. The third kappa shape index (κ3) is 6.77. The Morgan fingerprint density at radius 2 is 1.72 bits per heavy atom. The lowest BCUT2D eigenvalue weighted by molar-refractivity contribution is -0.274. The van der Waals surface area contributed by atoms with Gasteiger partial charge in [0.05, 0.1) is 22.1 Å². The number of ether oxygens (including phenoxy) is 2. The van der Waals surface area contributed by atoms with Crippen LogP contribution in [0.15, 0.2) is 47.4 Å². The zero-order valence-electron chi connectivity index (χ0n) is 14.7. The maximum atomic E-state index is 12.5. The van der Waals surface area contributed by atoms with Gasteiger partial charge in [0.15, 0.2) is 0 Å². The van der Waals surface area contributed by atoms with E-state index < -0.39 is 34.1 Å². The van der Waals surface area contributed by atoms with Crippen LogP contribution in [0.5, 0.6) is 5.75 Å². The Hall–Kier alpha value is -2.01.